The van der Waals surface area contributed by atoms with E-state index in [1.165, 1.54) is 18.2 Å². The van der Waals surface area contributed by atoms with Crippen LogP contribution in [0, 0.1) is 11.3 Å². The zero-order valence-corrected chi connectivity index (χ0v) is 14.8. The molecule has 9 heteroatoms. The van der Waals surface area contributed by atoms with E-state index in [9.17, 15) is 13.2 Å². The van der Waals surface area contributed by atoms with Crippen molar-refractivity contribution in [1.29, 1.82) is 5.26 Å². The number of piperidine rings is 1. The van der Waals surface area contributed by atoms with E-state index in [2.05, 4.69) is 10.0 Å². The first-order chi connectivity index (χ1) is 11.4. The summed E-state index contributed by atoms with van der Waals surface area (Å²) in [6.45, 7) is 1.62. The molecule has 0 saturated carbocycles. The Bertz CT molecular complexity index is 752. The number of carbonyl (C=O) groups is 1. The minimum absolute atomic E-state index is 0.0410. The van der Waals surface area contributed by atoms with E-state index in [-0.39, 0.29) is 27.4 Å². The van der Waals surface area contributed by atoms with Crippen LogP contribution in [0.5, 0.6) is 0 Å². The monoisotopic (exact) mass is 370 g/mol. The zero-order valence-electron chi connectivity index (χ0n) is 13.3. The zero-order chi connectivity index (χ0) is 17.7. The van der Waals surface area contributed by atoms with Gasteiger partial charge in [0.15, 0.2) is 0 Å². The first-order valence-corrected chi connectivity index (χ1v) is 9.36. The maximum absolute atomic E-state index is 12.4. The van der Waals surface area contributed by atoms with Gasteiger partial charge in [-0.05, 0) is 31.0 Å². The Balaban J connectivity index is 1.97. The molecule has 0 unspecified atom stereocenters. The number of nitriles is 1. The number of likely N-dealkylation sites (N-methyl/N-ethyl adjacent to an activating group) is 1. The van der Waals surface area contributed by atoms with Crippen molar-refractivity contribution < 1.29 is 13.2 Å². The Morgan fingerprint density at radius 1 is 1.42 bits per heavy atom. The SMILES string of the molecule is CNC(=O)CN1CCC(NS(=O)(=O)c2ccc(C#N)c(Cl)c2)CC1. The van der Waals surface area contributed by atoms with Crippen molar-refractivity contribution in [1.82, 2.24) is 14.9 Å². The molecule has 130 valence electrons. The fourth-order valence-electron chi connectivity index (χ4n) is 2.53. The Morgan fingerprint density at radius 3 is 2.62 bits per heavy atom. The third-order valence-electron chi connectivity index (χ3n) is 3.93. The number of hydrogen-bond donors (Lipinski definition) is 2. The summed E-state index contributed by atoms with van der Waals surface area (Å²) in [5, 5.41) is 11.5. The van der Waals surface area contributed by atoms with Crippen LogP contribution in [0.2, 0.25) is 5.02 Å². The normalized spacial score (nSPS) is 16.5. The molecule has 1 saturated heterocycles. The molecule has 1 aromatic carbocycles. The Kier molecular flexibility index (Phi) is 6.18. The molecule has 1 amide bonds. The second-order valence-electron chi connectivity index (χ2n) is 5.60. The lowest BCUT2D eigenvalue weighted by Gasteiger charge is -2.31. The van der Waals surface area contributed by atoms with Gasteiger partial charge in [-0.25, -0.2) is 13.1 Å². The molecule has 0 aromatic heterocycles. The van der Waals surface area contributed by atoms with E-state index in [1.54, 1.807) is 7.05 Å². The van der Waals surface area contributed by atoms with E-state index in [4.69, 9.17) is 16.9 Å². The largest absolute Gasteiger partial charge is 0.358 e. The van der Waals surface area contributed by atoms with Crippen LogP contribution in [0.3, 0.4) is 0 Å². The predicted octanol–water partition coefficient (Wildman–Crippen LogP) is 0.700. The number of amides is 1. The highest BCUT2D eigenvalue weighted by Crippen LogP contribution is 2.21. The molecule has 1 aliphatic rings. The van der Waals surface area contributed by atoms with Gasteiger partial charge in [-0.15, -0.1) is 0 Å². The van der Waals surface area contributed by atoms with Crippen molar-refractivity contribution in [3.63, 3.8) is 0 Å². The minimum Gasteiger partial charge on any atom is -0.358 e. The fourth-order valence-corrected chi connectivity index (χ4v) is 4.15. The average molecular weight is 371 g/mol. The fraction of sp³-hybridized carbons (Fsp3) is 0.467. The van der Waals surface area contributed by atoms with Gasteiger partial charge in [-0.1, -0.05) is 11.6 Å². The minimum atomic E-state index is -3.69. The molecule has 1 aromatic rings. The summed E-state index contributed by atoms with van der Waals surface area (Å²) in [5.41, 5.74) is 0.234. The summed E-state index contributed by atoms with van der Waals surface area (Å²) >= 11 is 5.90. The van der Waals surface area contributed by atoms with Crippen molar-refractivity contribution in [2.45, 2.75) is 23.8 Å². The number of benzene rings is 1. The van der Waals surface area contributed by atoms with Gasteiger partial charge in [-0.2, -0.15) is 5.26 Å². The highest BCUT2D eigenvalue weighted by molar-refractivity contribution is 7.89. The predicted molar refractivity (Wildman–Crippen MR) is 90.0 cm³/mol. The van der Waals surface area contributed by atoms with Gasteiger partial charge < -0.3 is 5.32 Å². The Labute approximate surface area is 146 Å². The molecule has 2 rings (SSSR count). The quantitative estimate of drug-likeness (QED) is 0.794. The van der Waals surface area contributed by atoms with E-state index in [0.29, 0.717) is 32.5 Å². The molecule has 1 fully saturated rings. The highest BCUT2D eigenvalue weighted by Gasteiger charge is 2.25. The van der Waals surface area contributed by atoms with Gasteiger partial charge >= 0.3 is 0 Å². The third-order valence-corrected chi connectivity index (χ3v) is 5.76. The first-order valence-electron chi connectivity index (χ1n) is 7.50. The van der Waals surface area contributed by atoms with E-state index in [0.717, 1.165) is 0 Å². The molecule has 0 aliphatic carbocycles. The lowest BCUT2D eigenvalue weighted by molar-refractivity contribution is -0.122. The number of nitrogens with zero attached hydrogens (tertiary/aromatic N) is 2. The summed E-state index contributed by atoms with van der Waals surface area (Å²) in [7, 11) is -2.11. The molecule has 1 aliphatic heterocycles. The summed E-state index contributed by atoms with van der Waals surface area (Å²) < 4.78 is 27.5. The van der Waals surface area contributed by atoms with Crippen molar-refractivity contribution in [3.05, 3.63) is 28.8 Å². The van der Waals surface area contributed by atoms with Gasteiger partial charge in [0, 0.05) is 26.2 Å². The summed E-state index contributed by atoms with van der Waals surface area (Å²) in [5.74, 6) is -0.0544. The van der Waals surface area contributed by atoms with Crippen LogP contribution < -0.4 is 10.0 Å². The molecule has 0 spiro atoms. The Morgan fingerprint density at radius 2 is 2.08 bits per heavy atom. The van der Waals surface area contributed by atoms with Crippen molar-refractivity contribution in [2.24, 2.45) is 0 Å². The van der Waals surface area contributed by atoms with Crippen LogP contribution in [-0.2, 0) is 14.8 Å². The average Bonchev–Trinajstić information content (AvgIpc) is 2.56. The molecule has 1 heterocycles. The van der Waals surface area contributed by atoms with Gasteiger partial charge in [0.05, 0.1) is 22.0 Å². The number of carbonyl (C=O) groups excluding carboxylic acids is 1. The standard InChI is InChI=1S/C15H19ClN4O3S/c1-18-15(21)10-20-6-4-12(5-7-20)19-24(22,23)13-3-2-11(9-17)14(16)8-13/h2-3,8,12,19H,4-7,10H2,1H3,(H,18,21). The van der Waals surface area contributed by atoms with Crippen LogP contribution >= 0.6 is 11.6 Å². The van der Waals surface area contributed by atoms with Crippen LogP contribution in [0.4, 0.5) is 0 Å². The van der Waals surface area contributed by atoms with Crippen LogP contribution in [0.25, 0.3) is 0 Å². The molecule has 0 radical (unpaired) electrons. The molecule has 2 N–H and O–H groups in total. The van der Waals surface area contributed by atoms with E-state index >= 15 is 0 Å². The molecule has 0 atom stereocenters. The topological polar surface area (TPSA) is 102 Å². The summed E-state index contributed by atoms with van der Waals surface area (Å²) in [6.07, 6.45) is 1.25. The number of rotatable bonds is 5. The number of likely N-dealkylation sites (tertiary alicyclic amines) is 1. The van der Waals surface area contributed by atoms with Crippen LogP contribution in [0.1, 0.15) is 18.4 Å². The highest BCUT2D eigenvalue weighted by atomic mass is 35.5. The van der Waals surface area contributed by atoms with E-state index < -0.39 is 10.0 Å². The number of hydrogen-bond acceptors (Lipinski definition) is 5. The summed E-state index contributed by atoms with van der Waals surface area (Å²) in [6, 6.07) is 5.75. The first kappa shape index (κ1) is 18.7. The van der Waals surface area contributed by atoms with Gasteiger partial charge in [0.2, 0.25) is 15.9 Å². The smallest absolute Gasteiger partial charge is 0.240 e. The lowest BCUT2D eigenvalue weighted by atomic mass is 10.1. The number of sulfonamides is 1. The molecule has 7 nitrogen and oxygen atoms in total. The third kappa shape index (κ3) is 4.68. The van der Waals surface area contributed by atoms with Crippen LogP contribution in [-0.4, -0.2) is 51.9 Å². The molecular weight excluding hydrogens is 352 g/mol. The second-order valence-corrected chi connectivity index (χ2v) is 7.72. The molecular formula is C15H19ClN4O3S. The maximum Gasteiger partial charge on any atom is 0.240 e. The number of nitrogens with one attached hydrogen (secondary N) is 2. The summed E-state index contributed by atoms with van der Waals surface area (Å²) in [4.78, 5) is 13.4. The second kappa shape index (κ2) is 7.94. The van der Waals surface area contributed by atoms with E-state index in [1.807, 2.05) is 11.0 Å². The van der Waals surface area contributed by atoms with Crippen LogP contribution in [0.15, 0.2) is 23.1 Å². The molecule has 0 bridgehead atoms. The van der Waals surface area contributed by atoms with Gasteiger partial charge in [0.1, 0.15) is 6.07 Å². The maximum atomic E-state index is 12.4. The Hall–Kier alpha value is -1.66. The van der Waals surface area contributed by atoms with Crippen molar-refractivity contribution in [3.8, 4) is 6.07 Å². The van der Waals surface area contributed by atoms with Crippen molar-refractivity contribution >= 4 is 27.5 Å². The number of halogens is 1. The van der Waals surface area contributed by atoms with Crippen molar-refractivity contribution in [2.75, 3.05) is 26.7 Å². The molecule has 24 heavy (non-hydrogen) atoms. The lowest BCUT2D eigenvalue weighted by Crippen LogP contribution is -2.47. The van der Waals surface area contributed by atoms with Gasteiger partial charge in [0.25, 0.3) is 0 Å². The van der Waals surface area contributed by atoms with Gasteiger partial charge in [-0.3, -0.25) is 9.69 Å².